The van der Waals surface area contributed by atoms with E-state index in [-0.39, 0.29) is 36.2 Å². The first-order valence-corrected chi connectivity index (χ1v) is 5.73. The second-order valence-electron chi connectivity index (χ2n) is 5.09. The van der Waals surface area contributed by atoms with Crippen LogP contribution < -0.4 is 16.4 Å². The van der Waals surface area contributed by atoms with Crippen molar-refractivity contribution in [1.29, 1.82) is 0 Å². The molecule has 0 spiro atoms. The van der Waals surface area contributed by atoms with Crippen molar-refractivity contribution in [3.8, 4) is 0 Å². The second kappa shape index (κ2) is 6.83. The second-order valence-corrected chi connectivity index (χ2v) is 5.09. The van der Waals surface area contributed by atoms with Crippen molar-refractivity contribution in [1.82, 2.24) is 10.6 Å². The van der Waals surface area contributed by atoms with Crippen LogP contribution in [0.3, 0.4) is 0 Å². The van der Waals surface area contributed by atoms with Crippen molar-refractivity contribution in [2.75, 3.05) is 6.54 Å². The maximum atomic E-state index is 11.5. The SMILES string of the molecule is CC(C(=O)NCCC(=O)NC(C)(C)C)C(N)=NO. The minimum atomic E-state index is -0.722. The summed E-state index contributed by atoms with van der Waals surface area (Å²) in [4.78, 5) is 22.9. The number of hydrogen-bond acceptors (Lipinski definition) is 4. The van der Waals surface area contributed by atoms with Crippen LogP contribution in [0.1, 0.15) is 34.1 Å². The Morgan fingerprint density at radius 3 is 2.39 bits per heavy atom. The summed E-state index contributed by atoms with van der Waals surface area (Å²) in [5.74, 6) is -1.40. The van der Waals surface area contributed by atoms with E-state index in [1.165, 1.54) is 6.92 Å². The molecule has 2 amide bonds. The third kappa shape index (κ3) is 6.72. The van der Waals surface area contributed by atoms with Gasteiger partial charge in [-0.2, -0.15) is 0 Å². The molecule has 0 radical (unpaired) electrons. The van der Waals surface area contributed by atoms with Gasteiger partial charge in [0.25, 0.3) is 0 Å². The van der Waals surface area contributed by atoms with Gasteiger partial charge in [-0.05, 0) is 27.7 Å². The number of rotatable bonds is 5. The number of hydrogen-bond donors (Lipinski definition) is 4. The van der Waals surface area contributed by atoms with Gasteiger partial charge in [-0.25, -0.2) is 0 Å². The van der Waals surface area contributed by atoms with Gasteiger partial charge >= 0.3 is 0 Å². The van der Waals surface area contributed by atoms with Gasteiger partial charge in [-0.15, -0.1) is 0 Å². The lowest BCUT2D eigenvalue weighted by atomic mass is 10.1. The molecule has 0 saturated heterocycles. The Balaban J connectivity index is 3.99. The topological polar surface area (TPSA) is 117 Å². The van der Waals surface area contributed by atoms with Gasteiger partial charge in [-0.1, -0.05) is 5.16 Å². The monoisotopic (exact) mass is 258 g/mol. The van der Waals surface area contributed by atoms with Crippen LogP contribution in [0.15, 0.2) is 5.16 Å². The van der Waals surface area contributed by atoms with E-state index in [1.54, 1.807) is 0 Å². The maximum absolute atomic E-state index is 11.5. The van der Waals surface area contributed by atoms with Gasteiger partial charge in [-0.3, -0.25) is 9.59 Å². The largest absolute Gasteiger partial charge is 0.409 e. The zero-order valence-corrected chi connectivity index (χ0v) is 11.3. The van der Waals surface area contributed by atoms with E-state index in [0.717, 1.165) is 0 Å². The average Bonchev–Trinajstić information content (AvgIpc) is 2.24. The zero-order chi connectivity index (χ0) is 14.3. The summed E-state index contributed by atoms with van der Waals surface area (Å²) in [6, 6.07) is 0. The van der Waals surface area contributed by atoms with Crippen LogP contribution in [-0.4, -0.2) is 34.9 Å². The molecule has 0 aromatic heterocycles. The van der Waals surface area contributed by atoms with Crippen LogP contribution in [0.4, 0.5) is 0 Å². The third-order valence-electron chi connectivity index (χ3n) is 2.12. The molecule has 0 aliphatic carbocycles. The van der Waals surface area contributed by atoms with Gasteiger partial charge in [0.05, 0.1) is 5.92 Å². The van der Waals surface area contributed by atoms with Crippen molar-refractivity contribution >= 4 is 17.6 Å². The van der Waals surface area contributed by atoms with Crippen molar-refractivity contribution in [3.05, 3.63) is 0 Å². The molecule has 7 nitrogen and oxygen atoms in total. The smallest absolute Gasteiger partial charge is 0.230 e. The fourth-order valence-corrected chi connectivity index (χ4v) is 1.15. The van der Waals surface area contributed by atoms with Crippen LogP contribution in [-0.2, 0) is 9.59 Å². The zero-order valence-electron chi connectivity index (χ0n) is 11.3. The van der Waals surface area contributed by atoms with Crippen LogP contribution in [0.5, 0.6) is 0 Å². The van der Waals surface area contributed by atoms with Gasteiger partial charge in [0.2, 0.25) is 11.8 Å². The molecular weight excluding hydrogens is 236 g/mol. The molecular formula is C11H22N4O3. The van der Waals surface area contributed by atoms with E-state index in [2.05, 4.69) is 15.8 Å². The molecule has 0 aromatic rings. The van der Waals surface area contributed by atoms with Gasteiger partial charge in [0.1, 0.15) is 0 Å². The van der Waals surface area contributed by atoms with Gasteiger partial charge in [0, 0.05) is 18.5 Å². The quantitative estimate of drug-likeness (QED) is 0.236. The molecule has 1 atom stereocenters. The normalized spacial score (nSPS) is 13.9. The van der Waals surface area contributed by atoms with Crippen molar-refractivity contribution in [2.24, 2.45) is 16.8 Å². The molecule has 0 aliphatic heterocycles. The molecule has 18 heavy (non-hydrogen) atoms. The Bertz CT molecular complexity index is 334. The number of carbonyl (C=O) groups excluding carboxylic acids is 2. The Morgan fingerprint density at radius 1 is 1.39 bits per heavy atom. The number of carbonyl (C=O) groups is 2. The lowest BCUT2D eigenvalue weighted by molar-refractivity contribution is -0.123. The van der Waals surface area contributed by atoms with E-state index in [0.29, 0.717) is 0 Å². The van der Waals surface area contributed by atoms with E-state index >= 15 is 0 Å². The number of oxime groups is 1. The third-order valence-corrected chi connectivity index (χ3v) is 2.12. The predicted molar refractivity (Wildman–Crippen MR) is 68.1 cm³/mol. The lowest BCUT2D eigenvalue weighted by Crippen LogP contribution is -2.43. The molecule has 0 aliphatic rings. The fourth-order valence-electron chi connectivity index (χ4n) is 1.15. The Kier molecular flexibility index (Phi) is 6.15. The highest BCUT2D eigenvalue weighted by atomic mass is 16.4. The number of nitrogens with two attached hydrogens (primary N) is 1. The summed E-state index contributed by atoms with van der Waals surface area (Å²) in [6.45, 7) is 7.36. The Hall–Kier alpha value is -1.79. The molecule has 0 heterocycles. The number of amides is 2. The average molecular weight is 258 g/mol. The van der Waals surface area contributed by atoms with Crippen LogP contribution in [0.2, 0.25) is 0 Å². The highest BCUT2D eigenvalue weighted by Gasteiger charge is 2.18. The summed E-state index contributed by atoms with van der Waals surface area (Å²) >= 11 is 0. The number of amidine groups is 1. The first-order chi connectivity index (χ1) is 8.17. The first-order valence-electron chi connectivity index (χ1n) is 5.73. The summed E-state index contributed by atoms with van der Waals surface area (Å²) in [5, 5.41) is 16.5. The van der Waals surface area contributed by atoms with E-state index in [4.69, 9.17) is 10.9 Å². The highest BCUT2D eigenvalue weighted by Crippen LogP contribution is 1.99. The maximum Gasteiger partial charge on any atom is 0.230 e. The summed E-state index contributed by atoms with van der Waals surface area (Å²) in [5.41, 5.74) is 5.00. The van der Waals surface area contributed by atoms with E-state index in [9.17, 15) is 9.59 Å². The molecule has 104 valence electrons. The molecule has 7 heteroatoms. The molecule has 0 rings (SSSR count). The molecule has 0 saturated carbocycles. The molecule has 1 unspecified atom stereocenters. The molecule has 0 aromatic carbocycles. The van der Waals surface area contributed by atoms with Crippen LogP contribution >= 0.6 is 0 Å². The van der Waals surface area contributed by atoms with E-state index in [1.807, 2.05) is 20.8 Å². The number of nitrogens with one attached hydrogen (secondary N) is 2. The fraction of sp³-hybridized carbons (Fsp3) is 0.727. The van der Waals surface area contributed by atoms with E-state index < -0.39 is 5.92 Å². The lowest BCUT2D eigenvalue weighted by Gasteiger charge is -2.20. The number of nitrogens with zero attached hydrogens (tertiary/aromatic N) is 1. The minimum absolute atomic E-state index is 0.140. The van der Waals surface area contributed by atoms with Crippen molar-refractivity contribution in [3.63, 3.8) is 0 Å². The summed E-state index contributed by atoms with van der Waals surface area (Å²) in [7, 11) is 0. The van der Waals surface area contributed by atoms with Crippen LogP contribution in [0, 0.1) is 5.92 Å². The molecule has 0 fully saturated rings. The minimum Gasteiger partial charge on any atom is -0.409 e. The summed E-state index contributed by atoms with van der Waals surface area (Å²) in [6.07, 6.45) is 0.186. The first kappa shape index (κ1) is 16.2. The Morgan fingerprint density at radius 2 is 1.94 bits per heavy atom. The van der Waals surface area contributed by atoms with Crippen molar-refractivity contribution in [2.45, 2.75) is 39.7 Å². The standard InChI is InChI=1S/C11H22N4O3/c1-7(9(12)15-18)10(17)13-6-5-8(16)14-11(2,3)4/h7,18H,5-6H2,1-4H3,(H2,12,15)(H,13,17)(H,14,16). The van der Waals surface area contributed by atoms with Crippen LogP contribution in [0.25, 0.3) is 0 Å². The highest BCUT2D eigenvalue weighted by molar-refractivity contribution is 6.01. The molecule has 5 N–H and O–H groups in total. The van der Waals surface area contributed by atoms with Gasteiger partial charge < -0.3 is 21.6 Å². The molecule has 0 bridgehead atoms. The Labute approximate surface area is 107 Å². The van der Waals surface area contributed by atoms with Crippen molar-refractivity contribution < 1.29 is 14.8 Å². The summed E-state index contributed by atoms with van der Waals surface area (Å²) < 4.78 is 0. The van der Waals surface area contributed by atoms with Gasteiger partial charge in [0.15, 0.2) is 5.84 Å². The predicted octanol–water partition coefficient (Wildman–Crippen LogP) is -0.210.